The van der Waals surface area contributed by atoms with Gasteiger partial charge < -0.3 is 9.84 Å². The molecule has 0 aromatic rings. The van der Waals surface area contributed by atoms with Gasteiger partial charge in [-0.15, -0.1) is 0 Å². The Morgan fingerprint density at radius 2 is 2.05 bits per heavy atom. The van der Waals surface area contributed by atoms with Crippen LogP contribution in [0.15, 0.2) is 5.57 Å². The number of hydroxylamine groups is 2. The van der Waals surface area contributed by atoms with Gasteiger partial charge in [-0.1, -0.05) is 0 Å². The van der Waals surface area contributed by atoms with Gasteiger partial charge in [-0.05, 0) is 20.8 Å². The van der Waals surface area contributed by atoms with Gasteiger partial charge in [-0.25, -0.2) is 9.59 Å². The van der Waals surface area contributed by atoms with E-state index in [0.717, 1.165) is 0 Å². The normalized spacial score (nSPS) is 23.5. The van der Waals surface area contributed by atoms with Crippen LogP contribution in [0.1, 0.15) is 27.2 Å². The van der Waals surface area contributed by atoms with Crippen LogP contribution < -0.4 is 0 Å². The fraction of sp³-hybridized carbons (Fsp3) is 0.692. The van der Waals surface area contributed by atoms with E-state index in [4.69, 9.17) is 9.94 Å². The molecule has 1 rings (SSSR count). The van der Waals surface area contributed by atoms with Crippen LogP contribution in [0.5, 0.6) is 0 Å². The molecule has 0 aliphatic carbocycles. The van der Waals surface area contributed by atoms with E-state index in [9.17, 15) is 14.4 Å². The molecule has 1 aliphatic heterocycles. The first-order chi connectivity index (χ1) is 9.19. The van der Waals surface area contributed by atoms with Gasteiger partial charge in [0.25, 0.3) is 0 Å². The molecule has 0 radical (unpaired) electrons. The van der Waals surface area contributed by atoms with Crippen LogP contribution in [-0.4, -0.2) is 53.3 Å². The maximum Gasteiger partial charge on any atom is 0.330 e. The van der Waals surface area contributed by atoms with Gasteiger partial charge in [0.15, 0.2) is 6.04 Å². The van der Waals surface area contributed by atoms with Crippen molar-refractivity contribution in [3.63, 3.8) is 0 Å². The summed E-state index contributed by atoms with van der Waals surface area (Å²) < 4.78 is 4.66. The maximum absolute atomic E-state index is 11.8. The molecule has 7 heteroatoms. The molecule has 1 N–H and O–H groups in total. The zero-order valence-electron chi connectivity index (χ0n) is 12.0. The largest absolute Gasteiger partial charge is 0.481 e. The van der Waals surface area contributed by atoms with Crippen molar-refractivity contribution in [1.82, 2.24) is 5.06 Å². The molecule has 0 bridgehead atoms. The van der Waals surface area contributed by atoms with Crippen molar-refractivity contribution in [3.05, 3.63) is 5.57 Å². The predicted molar refractivity (Wildman–Crippen MR) is 68.3 cm³/mol. The van der Waals surface area contributed by atoms with Crippen LogP contribution >= 0.6 is 0 Å². The number of carboxylic acids is 1. The van der Waals surface area contributed by atoms with Crippen LogP contribution in [0.2, 0.25) is 0 Å². The number of ether oxygens (including phenoxy) is 1. The molecular formula is C13H19NO6. The zero-order valence-corrected chi connectivity index (χ0v) is 12.0. The lowest BCUT2D eigenvalue weighted by Gasteiger charge is -2.29. The highest BCUT2D eigenvalue weighted by Crippen LogP contribution is 2.32. The number of aliphatic carboxylic acids is 1. The van der Waals surface area contributed by atoms with E-state index < -0.39 is 29.5 Å². The third-order valence-corrected chi connectivity index (χ3v) is 2.78. The standard InChI is InChI=1S/C13H19NO6/c1-13(2,3)20-14-6-8(5-10(16)17)9(7-15)11(14)12(18)19-4/h8,11H,5-6H2,1-4H3,(H,16,17). The molecule has 0 aromatic carbocycles. The topological polar surface area (TPSA) is 93.1 Å². The second-order valence-corrected chi connectivity index (χ2v) is 5.58. The van der Waals surface area contributed by atoms with E-state index in [1.807, 2.05) is 0 Å². The van der Waals surface area contributed by atoms with Crippen molar-refractivity contribution in [1.29, 1.82) is 0 Å². The molecule has 20 heavy (non-hydrogen) atoms. The van der Waals surface area contributed by atoms with Crippen LogP contribution in [0.4, 0.5) is 0 Å². The van der Waals surface area contributed by atoms with Gasteiger partial charge in [0, 0.05) is 18.0 Å². The van der Waals surface area contributed by atoms with E-state index in [1.54, 1.807) is 26.7 Å². The summed E-state index contributed by atoms with van der Waals surface area (Å²) in [4.78, 5) is 39.4. The first-order valence-electron chi connectivity index (χ1n) is 6.20. The Hall–Kier alpha value is -1.69. The van der Waals surface area contributed by atoms with E-state index in [2.05, 4.69) is 4.74 Å². The second-order valence-electron chi connectivity index (χ2n) is 5.58. The van der Waals surface area contributed by atoms with Gasteiger partial charge in [0.2, 0.25) is 0 Å². The minimum atomic E-state index is -1.05. The lowest BCUT2D eigenvalue weighted by molar-refractivity contribution is -0.237. The van der Waals surface area contributed by atoms with E-state index >= 15 is 0 Å². The second kappa shape index (κ2) is 6.17. The van der Waals surface area contributed by atoms with Gasteiger partial charge in [-0.2, -0.15) is 5.06 Å². The lowest BCUT2D eigenvalue weighted by Crippen LogP contribution is -2.42. The summed E-state index contributed by atoms with van der Waals surface area (Å²) in [5.41, 5.74) is -0.526. The molecule has 0 aromatic heterocycles. The molecule has 0 amide bonds. The minimum absolute atomic E-state index is 0.0588. The zero-order chi connectivity index (χ0) is 15.5. The van der Waals surface area contributed by atoms with Crippen molar-refractivity contribution < 1.29 is 29.1 Å². The van der Waals surface area contributed by atoms with Gasteiger partial charge in [0.05, 0.1) is 19.1 Å². The van der Waals surface area contributed by atoms with Crippen LogP contribution in [0.3, 0.4) is 0 Å². The number of hydrogen-bond acceptors (Lipinski definition) is 6. The molecule has 0 spiro atoms. The molecule has 2 unspecified atom stereocenters. The van der Waals surface area contributed by atoms with Crippen molar-refractivity contribution in [2.24, 2.45) is 5.92 Å². The lowest BCUT2D eigenvalue weighted by atomic mass is 9.96. The van der Waals surface area contributed by atoms with E-state index in [-0.39, 0.29) is 18.5 Å². The number of esters is 1. The van der Waals surface area contributed by atoms with Crippen molar-refractivity contribution in [2.75, 3.05) is 13.7 Å². The van der Waals surface area contributed by atoms with Crippen LogP contribution in [0.25, 0.3) is 0 Å². The first-order valence-corrected chi connectivity index (χ1v) is 6.20. The molecule has 0 saturated carbocycles. The number of nitrogens with zero attached hydrogens (tertiary/aromatic N) is 1. The smallest absolute Gasteiger partial charge is 0.330 e. The minimum Gasteiger partial charge on any atom is -0.481 e. The molecule has 112 valence electrons. The molecule has 1 aliphatic rings. The highest BCUT2D eigenvalue weighted by atomic mass is 16.7. The fourth-order valence-corrected chi connectivity index (χ4v) is 2.12. The Morgan fingerprint density at radius 3 is 2.45 bits per heavy atom. The summed E-state index contributed by atoms with van der Waals surface area (Å²) in [7, 11) is 1.20. The Kier molecular flexibility index (Phi) is 5.05. The van der Waals surface area contributed by atoms with Gasteiger partial charge in [0.1, 0.15) is 5.94 Å². The predicted octanol–water partition coefficient (Wildman–Crippen LogP) is 0.423. The van der Waals surface area contributed by atoms with E-state index in [0.29, 0.717) is 0 Å². The number of carbonyl (C=O) groups excluding carboxylic acids is 2. The molecule has 7 nitrogen and oxygen atoms in total. The third-order valence-electron chi connectivity index (χ3n) is 2.78. The number of carboxylic acid groups (broad SMARTS) is 1. The maximum atomic E-state index is 11.8. The Labute approximate surface area is 117 Å². The number of carbonyl (C=O) groups is 2. The highest BCUT2D eigenvalue weighted by molar-refractivity contribution is 5.84. The van der Waals surface area contributed by atoms with E-state index in [1.165, 1.54) is 12.2 Å². The Balaban J connectivity index is 3.07. The van der Waals surface area contributed by atoms with Crippen LogP contribution in [0, 0.1) is 5.92 Å². The quantitative estimate of drug-likeness (QED) is 0.591. The number of rotatable bonds is 4. The summed E-state index contributed by atoms with van der Waals surface area (Å²) in [6.07, 6.45) is -0.262. The SMILES string of the molecule is COC(=O)C1C(=C=O)C(CC(=O)O)CN1OC(C)(C)C. The molecule has 2 atom stereocenters. The van der Waals surface area contributed by atoms with Gasteiger partial charge >= 0.3 is 11.9 Å². The summed E-state index contributed by atoms with van der Waals surface area (Å²) >= 11 is 0. The molecule has 1 fully saturated rings. The molecular weight excluding hydrogens is 266 g/mol. The Bertz CT molecular complexity index is 446. The highest BCUT2D eigenvalue weighted by Gasteiger charge is 2.46. The molecule has 1 saturated heterocycles. The van der Waals surface area contributed by atoms with Crippen molar-refractivity contribution in [2.45, 2.75) is 38.8 Å². The fourth-order valence-electron chi connectivity index (χ4n) is 2.12. The summed E-state index contributed by atoms with van der Waals surface area (Å²) in [6, 6.07) is -1.04. The summed E-state index contributed by atoms with van der Waals surface area (Å²) in [6.45, 7) is 5.50. The van der Waals surface area contributed by atoms with Crippen molar-refractivity contribution in [3.8, 4) is 0 Å². The first kappa shape index (κ1) is 16.4. The monoisotopic (exact) mass is 285 g/mol. The van der Waals surface area contributed by atoms with Crippen molar-refractivity contribution >= 4 is 17.9 Å². The average Bonchev–Trinajstić information content (AvgIpc) is 2.62. The van der Waals surface area contributed by atoms with Gasteiger partial charge in [-0.3, -0.25) is 9.63 Å². The number of hydrogen-bond donors (Lipinski definition) is 1. The van der Waals surface area contributed by atoms with Crippen LogP contribution in [-0.2, 0) is 24.0 Å². The summed E-state index contributed by atoms with van der Waals surface area (Å²) in [5, 5.41) is 10.2. The summed E-state index contributed by atoms with van der Waals surface area (Å²) in [5.74, 6) is -0.651. The Morgan fingerprint density at radius 1 is 1.45 bits per heavy atom. The third kappa shape index (κ3) is 3.90. The number of methoxy groups -OCH3 is 1. The molecule has 1 heterocycles. The average molecular weight is 285 g/mol.